The van der Waals surface area contributed by atoms with Gasteiger partial charge in [0.05, 0.1) is 10.7 Å². The van der Waals surface area contributed by atoms with Crippen LogP contribution in [0.1, 0.15) is 27.6 Å². The summed E-state index contributed by atoms with van der Waals surface area (Å²) in [7, 11) is 2.76. The highest BCUT2D eigenvalue weighted by Gasteiger charge is 2.19. The normalized spacial score (nSPS) is 10.3. The van der Waals surface area contributed by atoms with E-state index in [9.17, 15) is 14.4 Å². The minimum Gasteiger partial charge on any atom is -0.377 e. The molecule has 0 spiro atoms. The van der Waals surface area contributed by atoms with Crippen LogP contribution in [0.25, 0.3) is 0 Å². The summed E-state index contributed by atoms with van der Waals surface area (Å²) in [5.74, 6) is -1.08. The Morgan fingerprint density at radius 1 is 1.05 bits per heavy atom. The van der Waals surface area contributed by atoms with E-state index in [2.05, 4.69) is 5.32 Å². The van der Waals surface area contributed by atoms with Crippen LogP contribution in [0.4, 0.5) is 5.69 Å². The third-order valence-electron chi connectivity index (χ3n) is 2.57. The summed E-state index contributed by atoms with van der Waals surface area (Å²) in [5.41, 5.74) is 0.562. The number of ketones is 2. The molecule has 1 aromatic rings. The fourth-order valence-corrected chi connectivity index (χ4v) is 2.00. The van der Waals surface area contributed by atoms with Gasteiger partial charge < -0.3 is 14.8 Å². The van der Waals surface area contributed by atoms with Crippen LogP contribution in [-0.2, 0) is 14.3 Å². The molecule has 0 aliphatic heterocycles. The fraction of sp³-hybridized carbons (Fsp3) is 0.357. The van der Waals surface area contributed by atoms with Crippen molar-refractivity contribution in [3.05, 3.63) is 28.3 Å². The minimum atomic E-state index is -0.371. The van der Waals surface area contributed by atoms with E-state index in [1.807, 2.05) is 0 Å². The quantitative estimate of drug-likeness (QED) is 0.778. The molecular formula is C14H16ClNO5. The van der Waals surface area contributed by atoms with Crippen molar-refractivity contribution >= 4 is 34.8 Å². The SMILES string of the molecule is COCC(=O)c1cc(C(=O)COC)c(NC(C)=O)cc1Cl. The van der Waals surface area contributed by atoms with Gasteiger partial charge in [-0.1, -0.05) is 11.6 Å². The van der Waals surface area contributed by atoms with E-state index < -0.39 is 0 Å². The lowest BCUT2D eigenvalue weighted by molar-refractivity contribution is -0.114. The first-order valence-corrected chi connectivity index (χ1v) is 6.43. The van der Waals surface area contributed by atoms with Gasteiger partial charge in [-0.05, 0) is 12.1 Å². The van der Waals surface area contributed by atoms with Crippen molar-refractivity contribution in [1.82, 2.24) is 0 Å². The molecular weight excluding hydrogens is 298 g/mol. The van der Waals surface area contributed by atoms with Gasteiger partial charge in [0.1, 0.15) is 13.2 Å². The Bertz CT molecular complexity index is 571. The number of carbonyl (C=O) groups excluding carboxylic acids is 3. The van der Waals surface area contributed by atoms with Crippen LogP contribution in [0.2, 0.25) is 5.02 Å². The second-order valence-electron chi connectivity index (χ2n) is 4.27. The number of benzene rings is 1. The van der Waals surface area contributed by atoms with Crippen LogP contribution in [0.5, 0.6) is 0 Å². The van der Waals surface area contributed by atoms with Crippen LogP contribution in [-0.4, -0.2) is 44.9 Å². The number of methoxy groups -OCH3 is 2. The largest absolute Gasteiger partial charge is 0.377 e. The van der Waals surface area contributed by atoms with Crippen molar-refractivity contribution in [3.63, 3.8) is 0 Å². The number of Topliss-reactive ketones (excluding diaryl/α,β-unsaturated/α-hetero) is 2. The molecule has 114 valence electrons. The molecule has 0 aliphatic carbocycles. The number of hydrogen-bond donors (Lipinski definition) is 1. The Morgan fingerprint density at radius 3 is 2.05 bits per heavy atom. The topological polar surface area (TPSA) is 81.7 Å². The Morgan fingerprint density at radius 2 is 1.57 bits per heavy atom. The van der Waals surface area contributed by atoms with Crippen molar-refractivity contribution < 1.29 is 23.9 Å². The number of carbonyl (C=O) groups is 3. The molecule has 1 rings (SSSR count). The third kappa shape index (κ3) is 4.63. The van der Waals surface area contributed by atoms with Crippen molar-refractivity contribution in [3.8, 4) is 0 Å². The van der Waals surface area contributed by atoms with Gasteiger partial charge in [0.15, 0.2) is 11.6 Å². The number of halogens is 1. The molecule has 0 saturated heterocycles. The van der Waals surface area contributed by atoms with E-state index in [-0.39, 0.29) is 52.5 Å². The van der Waals surface area contributed by atoms with Crippen LogP contribution < -0.4 is 5.32 Å². The molecule has 1 aromatic carbocycles. The lowest BCUT2D eigenvalue weighted by Gasteiger charge is -2.12. The van der Waals surface area contributed by atoms with E-state index in [0.29, 0.717) is 0 Å². The lowest BCUT2D eigenvalue weighted by atomic mass is 10.0. The number of rotatable bonds is 7. The molecule has 7 heteroatoms. The van der Waals surface area contributed by atoms with Crippen LogP contribution in [0.3, 0.4) is 0 Å². The van der Waals surface area contributed by atoms with Gasteiger partial charge in [0.25, 0.3) is 0 Å². The van der Waals surface area contributed by atoms with Gasteiger partial charge in [-0.25, -0.2) is 0 Å². The van der Waals surface area contributed by atoms with Crippen LogP contribution in [0.15, 0.2) is 12.1 Å². The van der Waals surface area contributed by atoms with E-state index in [1.165, 1.54) is 33.3 Å². The summed E-state index contributed by atoms with van der Waals surface area (Å²) in [6.45, 7) is 0.978. The smallest absolute Gasteiger partial charge is 0.221 e. The molecule has 0 fully saturated rings. The highest BCUT2D eigenvalue weighted by Crippen LogP contribution is 2.27. The van der Waals surface area contributed by atoms with Gasteiger partial charge in [0, 0.05) is 32.3 Å². The molecule has 0 saturated carbocycles. The van der Waals surface area contributed by atoms with E-state index >= 15 is 0 Å². The minimum absolute atomic E-state index is 0.134. The first-order chi connectivity index (χ1) is 9.90. The summed E-state index contributed by atoms with van der Waals surface area (Å²) in [6.07, 6.45) is 0. The molecule has 0 bridgehead atoms. The molecule has 0 radical (unpaired) electrons. The van der Waals surface area contributed by atoms with Gasteiger partial charge in [-0.3, -0.25) is 14.4 Å². The van der Waals surface area contributed by atoms with Crippen LogP contribution >= 0.6 is 11.6 Å². The predicted molar refractivity (Wildman–Crippen MR) is 78.2 cm³/mol. The highest BCUT2D eigenvalue weighted by atomic mass is 35.5. The summed E-state index contributed by atoms with van der Waals surface area (Å²) >= 11 is 6.03. The molecule has 21 heavy (non-hydrogen) atoms. The lowest BCUT2D eigenvalue weighted by Crippen LogP contribution is -2.16. The standard InChI is InChI=1S/C14H16ClNO5/c1-8(17)16-12-5-11(15)9(13(18)6-20-2)4-10(12)14(19)7-21-3/h4-5H,6-7H2,1-3H3,(H,16,17). The zero-order valence-corrected chi connectivity index (χ0v) is 12.7. The second kappa shape index (κ2) is 7.87. The average Bonchev–Trinajstić information content (AvgIpc) is 2.38. The predicted octanol–water partition coefficient (Wildman–Crippen LogP) is 1.96. The number of anilines is 1. The zero-order chi connectivity index (χ0) is 16.0. The molecule has 0 aromatic heterocycles. The molecule has 0 aliphatic rings. The van der Waals surface area contributed by atoms with E-state index in [4.69, 9.17) is 21.1 Å². The Hall–Kier alpha value is -1.76. The molecule has 0 heterocycles. The van der Waals surface area contributed by atoms with Crippen molar-refractivity contribution in [1.29, 1.82) is 0 Å². The number of ether oxygens (including phenoxy) is 2. The Labute approximate surface area is 127 Å². The monoisotopic (exact) mass is 313 g/mol. The summed E-state index contributed by atoms with van der Waals surface area (Å²) in [4.78, 5) is 35.1. The van der Waals surface area contributed by atoms with Crippen molar-refractivity contribution in [2.24, 2.45) is 0 Å². The second-order valence-corrected chi connectivity index (χ2v) is 4.68. The molecule has 0 atom stereocenters. The first kappa shape index (κ1) is 17.3. The van der Waals surface area contributed by atoms with Gasteiger partial charge in [-0.15, -0.1) is 0 Å². The van der Waals surface area contributed by atoms with Gasteiger partial charge in [0.2, 0.25) is 5.91 Å². The summed E-state index contributed by atoms with van der Waals surface area (Å²) in [5, 5.41) is 2.64. The third-order valence-corrected chi connectivity index (χ3v) is 2.88. The average molecular weight is 314 g/mol. The zero-order valence-electron chi connectivity index (χ0n) is 12.0. The molecule has 1 N–H and O–H groups in total. The maximum Gasteiger partial charge on any atom is 0.221 e. The summed E-state index contributed by atoms with van der Waals surface area (Å²) < 4.78 is 9.56. The maximum absolute atomic E-state index is 12.0. The summed E-state index contributed by atoms with van der Waals surface area (Å²) in [6, 6.07) is 2.71. The van der Waals surface area contributed by atoms with E-state index in [1.54, 1.807) is 0 Å². The first-order valence-electron chi connectivity index (χ1n) is 6.06. The fourth-order valence-electron chi connectivity index (χ4n) is 1.73. The highest BCUT2D eigenvalue weighted by molar-refractivity contribution is 6.34. The number of nitrogens with one attached hydrogen (secondary N) is 1. The maximum atomic E-state index is 12.0. The van der Waals surface area contributed by atoms with E-state index in [0.717, 1.165) is 0 Å². The van der Waals surface area contributed by atoms with Gasteiger partial charge >= 0.3 is 0 Å². The van der Waals surface area contributed by atoms with Crippen LogP contribution in [0, 0.1) is 0 Å². The molecule has 6 nitrogen and oxygen atoms in total. The molecule has 0 unspecified atom stereocenters. The molecule has 1 amide bonds. The van der Waals surface area contributed by atoms with Gasteiger partial charge in [-0.2, -0.15) is 0 Å². The Kier molecular flexibility index (Phi) is 6.48. The Balaban J connectivity index is 3.33. The van der Waals surface area contributed by atoms with Crippen molar-refractivity contribution in [2.75, 3.05) is 32.8 Å². The number of amides is 1. The number of hydrogen-bond acceptors (Lipinski definition) is 5. The van der Waals surface area contributed by atoms with Crippen molar-refractivity contribution in [2.45, 2.75) is 6.92 Å².